The number of amides is 1. The molecule has 0 aliphatic carbocycles. The molecule has 0 saturated heterocycles. The van der Waals surface area contributed by atoms with Gasteiger partial charge in [0.25, 0.3) is 0 Å². The first-order valence-electron chi connectivity index (χ1n) is 8.77. The largest absolute Gasteiger partial charge is 0.493 e. The van der Waals surface area contributed by atoms with Crippen LogP contribution in [-0.4, -0.2) is 32.3 Å². The molecule has 144 valence electrons. The van der Waals surface area contributed by atoms with Crippen molar-refractivity contribution in [3.8, 4) is 11.5 Å². The molecule has 5 heteroatoms. The van der Waals surface area contributed by atoms with Gasteiger partial charge in [-0.25, -0.2) is 0 Å². The van der Waals surface area contributed by atoms with E-state index >= 15 is 0 Å². The van der Waals surface area contributed by atoms with Crippen LogP contribution < -0.4 is 14.8 Å². The first-order valence-corrected chi connectivity index (χ1v) is 8.77. The molecule has 2 rings (SSSR count). The smallest absolute Gasteiger partial charge is 0.244 e. The minimum Gasteiger partial charge on any atom is -0.493 e. The van der Waals surface area contributed by atoms with Crippen molar-refractivity contribution >= 4 is 12.0 Å². The van der Waals surface area contributed by atoms with Crippen LogP contribution in [0.15, 0.2) is 54.6 Å². The molecule has 27 heavy (non-hydrogen) atoms. The van der Waals surface area contributed by atoms with E-state index in [4.69, 9.17) is 14.2 Å². The maximum absolute atomic E-state index is 12.2. The molecule has 1 amide bonds. The Labute approximate surface area is 161 Å². The molecule has 0 aromatic heterocycles. The molecular weight excluding hydrogens is 342 g/mol. The van der Waals surface area contributed by atoms with Crippen molar-refractivity contribution < 1.29 is 19.0 Å². The van der Waals surface area contributed by atoms with Crippen LogP contribution in [0.25, 0.3) is 6.08 Å². The van der Waals surface area contributed by atoms with E-state index in [2.05, 4.69) is 5.32 Å². The highest BCUT2D eigenvalue weighted by atomic mass is 16.5. The minimum atomic E-state index is -0.478. The number of benzene rings is 2. The second-order valence-corrected chi connectivity index (χ2v) is 6.80. The van der Waals surface area contributed by atoms with Crippen LogP contribution in [0.2, 0.25) is 0 Å². The van der Waals surface area contributed by atoms with Crippen LogP contribution in [0.1, 0.15) is 25.0 Å². The summed E-state index contributed by atoms with van der Waals surface area (Å²) in [5, 5.41) is 2.96. The molecule has 2 aromatic rings. The predicted octanol–water partition coefficient (Wildman–Crippen LogP) is 3.83. The maximum atomic E-state index is 12.2. The van der Waals surface area contributed by atoms with E-state index in [0.29, 0.717) is 24.7 Å². The Morgan fingerprint density at radius 2 is 1.74 bits per heavy atom. The van der Waals surface area contributed by atoms with Gasteiger partial charge in [-0.05, 0) is 43.2 Å². The van der Waals surface area contributed by atoms with Gasteiger partial charge in [0.15, 0.2) is 11.5 Å². The number of carbonyl (C=O) groups is 1. The maximum Gasteiger partial charge on any atom is 0.244 e. The van der Waals surface area contributed by atoms with Crippen LogP contribution in [0.3, 0.4) is 0 Å². The predicted molar refractivity (Wildman–Crippen MR) is 107 cm³/mol. The summed E-state index contributed by atoms with van der Waals surface area (Å²) < 4.78 is 16.2. The average Bonchev–Trinajstić information content (AvgIpc) is 2.66. The minimum absolute atomic E-state index is 0.182. The van der Waals surface area contributed by atoms with Crippen LogP contribution in [0, 0.1) is 0 Å². The van der Waals surface area contributed by atoms with Gasteiger partial charge in [0.2, 0.25) is 5.91 Å². The second kappa shape index (κ2) is 9.78. The van der Waals surface area contributed by atoms with Gasteiger partial charge in [0.05, 0.1) is 33.0 Å². The summed E-state index contributed by atoms with van der Waals surface area (Å²) in [6.07, 6.45) is 3.23. The summed E-state index contributed by atoms with van der Waals surface area (Å²) >= 11 is 0. The van der Waals surface area contributed by atoms with Gasteiger partial charge < -0.3 is 19.5 Å². The van der Waals surface area contributed by atoms with Crippen molar-refractivity contribution in [3.63, 3.8) is 0 Å². The number of ether oxygens (including phenoxy) is 3. The zero-order valence-corrected chi connectivity index (χ0v) is 16.3. The Hall–Kier alpha value is -2.79. The van der Waals surface area contributed by atoms with Crippen molar-refractivity contribution in [2.75, 3.05) is 20.8 Å². The van der Waals surface area contributed by atoms with Crippen LogP contribution in [-0.2, 0) is 16.1 Å². The van der Waals surface area contributed by atoms with E-state index < -0.39 is 5.54 Å². The molecule has 0 atom stereocenters. The number of nitrogens with one attached hydrogen (secondary N) is 1. The topological polar surface area (TPSA) is 56.8 Å². The molecule has 0 unspecified atom stereocenters. The Morgan fingerprint density at radius 1 is 1.04 bits per heavy atom. The van der Waals surface area contributed by atoms with Crippen molar-refractivity contribution in [2.45, 2.75) is 26.0 Å². The molecule has 5 nitrogen and oxygen atoms in total. The molecular formula is C22H27NO4. The fourth-order valence-corrected chi connectivity index (χ4v) is 2.54. The van der Waals surface area contributed by atoms with Crippen molar-refractivity contribution in [3.05, 3.63) is 65.7 Å². The molecule has 0 saturated carbocycles. The van der Waals surface area contributed by atoms with E-state index in [1.165, 1.54) is 6.08 Å². The fraction of sp³-hybridized carbons (Fsp3) is 0.318. The van der Waals surface area contributed by atoms with Crippen LogP contribution in [0.4, 0.5) is 0 Å². The first-order chi connectivity index (χ1) is 12.9. The number of methoxy groups -OCH3 is 2. The number of rotatable bonds is 9. The lowest BCUT2D eigenvalue weighted by atomic mass is 10.1. The molecule has 0 spiro atoms. The van der Waals surface area contributed by atoms with Gasteiger partial charge in [-0.3, -0.25) is 4.79 Å². The molecule has 0 fully saturated rings. The summed E-state index contributed by atoms with van der Waals surface area (Å²) in [6.45, 7) is 4.79. The van der Waals surface area contributed by atoms with E-state index in [1.54, 1.807) is 26.4 Å². The lowest BCUT2D eigenvalue weighted by Crippen LogP contribution is -2.46. The van der Waals surface area contributed by atoms with E-state index in [9.17, 15) is 4.79 Å². The normalized spacial score (nSPS) is 11.4. The summed E-state index contributed by atoms with van der Waals surface area (Å²) in [7, 11) is 3.17. The van der Waals surface area contributed by atoms with Crippen LogP contribution >= 0.6 is 0 Å². The molecule has 0 radical (unpaired) electrons. The first kappa shape index (κ1) is 20.5. The Bertz CT molecular complexity index is 769. The second-order valence-electron chi connectivity index (χ2n) is 6.80. The van der Waals surface area contributed by atoms with Gasteiger partial charge in [-0.2, -0.15) is 0 Å². The monoisotopic (exact) mass is 369 g/mol. The quantitative estimate of drug-likeness (QED) is 0.683. The third kappa shape index (κ3) is 6.79. The van der Waals surface area contributed by atoms with Crippen molar-refractivity contribution in [1.82, 2.24) is 5.32 Å². The fourth-order valence-electron chi connectivity index (χ4n) is 2.54. The lowest BCUT2D eigenvalue weighted by Gasteiger charge is -2.25. The van der Waals surface area contributed by atoms with E-state index in [1.807, 2.05) is 56.3 Å². The lowest BCUT2D eigenvalue weighted by molar-refractivity contribution is -0.118. The Morgan fingerprint density at radius 3 is 2.41 bits per heavy atom. The summed E-state index contributed by atoms with van der Waals surface area (Å²) in [4.78, 5) is 12.2. The third-order valence-corrected chi connectivity index (χ3v) is 3.87. The van der Waals surface area contributed by atoms with Gasteiger partial charge in [-0.15, -0.1) is 0 Å². The zero-order chi connectivity index (χ0) is 19.7. The van der Waals surface area contributed by atoms with Gasteiger partial charge >= 0.3 is 0 Å². The van der Waals surface area contributed by atoms with Crippen molar-refractivity contribution in [1.29, 1.82) is 0 Å². The third-order valence-electron chi connectivity index (χ3n) is 3.87. The SMILES string of the molecule is COc1ccc(/C=C/C(=O)NC(C)(C)COCc2ccccc2)cc1OC. The molecule has 0 bridgehead atoms. The average molecular weight is 369 g/mol. The Balaban J connectivity index is 1.86. The van der Waals surface area contributed by atoms with Gasteiger partial charge in [0.1, 0.15) is 0 Å². The molecule has 0 aliphatic rings. The highest BCUT2D eigenvalue weighted by Crippen LogP contribution is 2.27. The van der Waals surface area contributed by atoms with Gasteiger partial charge in [-0.1, -0.05) is 36.4 Å². The van der Waals surface area contributed by atoms with E-state index in [-0.39, 0.29) is 5.91 Å². The highest BCUT2D eigenvalue weighted by Gasteiger charge is 2.19. The van der Waals surface area contributed by atoms with E-state index in [0.717, 1.165) is 11.1 Å². The molecule has 1 N–H and O–H groups in total. The summed E-state index contributed by atoms with van der Waals surface area (Å²) in [5.41, 5.74) is 1.47. The summed E-state index contributed by atoms with van der Waals surface area (Å²) in [5.74, 6) is 1.09. The number of carbonyl (C=O) groups excluding carboxylic acids is 1. The molecule has 0 heterocycles. The molecule has 2 aromatic carbocycles. The highest BCUT2D eigenvalue weighted by molar-refractivity contribution is 5.92. The molecule has 0 aliphatic heterocycles. The number of hydrogen-bond donors (Lipinski definition) is 1. The van der Waals surface area contributed by atoms with Gasteiger partial charge in [0, 0.05) is 6.08 Å². The summed E-state index contributed by atoms with van der Waals surface area (Å²) in [6, 6.07) is 15.4. The Kier molecular flexibility index (Phi) is 7.44. The zero-order valence-electron chi connectivity index (χ0n) is 16.3. The number of hydrogen-bond acceptors (Lipinski definition) is 4. The van der Waals surface area contributed by atoms with Crippen LogP contribution in [0.5, 0.6) is 11.5 Å². The van der Waals surface area contributed by atoms with Crippen molar-refractivity contribution in [2.24, 2.45) is 0 Å². The standard InChI is InChI=1S/C22H27NO4/c1-22(2,16-27-15-18-8-6-5-7-9-18)23-21(24)13-11-17-10-12-19(25-3)20(14-17)26-4/h5-14H,15-16H2,1-4H3,(H,23,24)/b13-11+.